The van der Waals surface area contributed by atoms with Crippen LogP contribution in [-0.4, -0.2) is 12.5 Å². The summed E-state index contributed by atoms with van der Waals surface area (Å²) < 4.78 is 8.41. The van der Waals surface area contributed by atoms with Gasteiger partial charge < -0.3 is 27.0 Å². The normalized spacial score (nSPS) is 11.2. The van der Waals surface area contributed by atoms with Crippen molar-refractivity contribution in [2.24, 2.45) is 0 Å². The van der Waals surface area contributed by atoms with Crippen LogP contribution in [0.4, 0.5) is 5.69 Å². The molecule has 2 aromatic carbocycles. The fraction of sp³-hybridized carbons (Fsp3) is 0.556. The molecule has 1 N–H and O–H groups in total. The molecule has 232 valence electrons. The second-order valence-corrected chi connectivity index (χ2v) is 13.2. The van der Waals surface area contributed by atoms with Crippen molar-refractivity contribution in [3.8, 4) is 5.75 Å². The highest BCUT2D eigenvalue weighted by Gasteiger charge is 2.20. The lowest BCUT2D eigenvalue weighted by Crippen LogP contribution is -3.00. The van der Waals surface area contributed by atoms with Crippen LogP contribution in [0.25, 0.3) is 0 Å². The Balaban J connectivity index is 0.00000616. The van der Waals surface area contributed by atoms with Gasteiger partial charge in [-0.2, -0.15) is 4.57 Å². The number of ether oxygens (including phenoxy) is 1. The fourth-order valence-electron chi connectivity index (χ4n) is 5.22. The van der Waals surface area contributed by atoms with Gasteiger partial charge in [-0.25, -0.2) is 0 Å². The van der Waals surface area contributed by atoms with E-state index in [1.807, 2.05) is 18.2 Å². The van der Waals surface area contributed by atoms with Crippen molar-refractivity contribution < 1.29 is 31.1 Å². The summed E-state index contributed by atoms with van der Waals surface area (Å²) in [4.78, 5) is 12.9. The Morgan fingerprint density at radius 2 is 1.52 bits per heavy atom. The number of carbonyl (C=O) groups is 1. The quantitative estimate of drug-likeness (QED) is 0.116. The number of rotatable bonds is 19. The number of nitrogens with zero attached hydrogens (tertiary/aromatic N) is 1. The van der Waals surface area contributed by atoms with Gasteiger partial charge in [0, 0.05) is 11.3 Å². The molecule has 1 heterocycles. The lowest BCUT2D eigenvalue weighted by atomic mass is 9.85. The first-order chi connectivity index (χ1) is 19.8. The summed E-state index contributed by atoms with van der Waals surface area (Å²) in [6.07, 6.45) is 18.5. The third-order valence-corrected chi connectivity index (χ3v) is 8.25. The van der Waals surface area contributed by atoms with E-state index in [0.29, 0.717) is 6.42 Å². The van der Waals surface area contributed by atoms with Gasteiger partial charge in [-0.15, -0.1) is 0 Å². The Hall–Kier alpha value is -2.18. The van der Waals surface area contributed by atoms with Crippen molar-refractivity contribution in [3.63, 3.8) is 0 Å². The number of aromatic nitrogens is 1. The van der Waals surface area contributed by atoms with E-state index in [2.05, 4.69) is 78.9 Å². The van der Waals surface area contributed by atoms with Crippen LogP contribution in [0.5, 0.6) is 5.75 Å². The molecule has 42 heavy (non-hydrogen) atoms. The van der Waals surface area contributed by atoms with Crippen LogP contribution in [0.1, 0.15) is 121 Å². The largest absolute Gasteiger partial charge is 1.00 e. The lowest BCUT2D eigenvalue weighted by Gasteiger charge is -2.24. The first-order valence-corrected chi connectivity index (χ1v) is 16.9. The van der Waals surface area contributed by atoms with Gasteiger partial charge in [0.15, 0.2) is 12.7 Å². The molecule has 0 bridgehead atoms. The molecule has 0 saturated heterocycles. The molecule has 0 fully saturated rings. The number of nitrogens with one attached hydrogen (secondary N) is 1. The van der Waals surface area contributed by atoms with Crippen LogP contribution in [-0.2, 0) is 23.2 Å². The number of anilines is 1. The van der Waals surface area contributed by atoms with E-state index >= 15 is 0 Å². The zero-order valence-corrected chi connectivity index (χ0v) is 28.8. The topological polar surface area (TPSA) is 42.2 Å². The smallest absolute Gasteiger partial charge is 0.228 e. The molecule has 0 saturated carbocycles. The average molecular weight is 658 g/mol. The van der Waals surface area contributed by atoms with Crippen LogP contribution >= 0.6 is 11.3 Å². The second-order valence-electron chi connectivity index (χ2n) is 12.4. The monoisotopic (exact) mass is 656 g/mol. The Bertz CT molecular complexity index is 1160. The van der Waals surface area contributed by atoms with Gasteiger partial charge >= 0.3 is 0 Å². The number of amides is 1. The Morgan fingerprint density at radius 3 is 2.14 bits per heavy atom. The van der Waals surface area contributed by atoms with Gasteiger partial charge in [-0.1, -0.05) is 134 Å². The molecule has 3 aromatic rings. The summed E-state index contributed by atoms with van der Waals surface area (Å²) in [5.41, 5.74) is 6.19. The van der Waals surface area contributed by atoms with Crippen LogP contribution < -0.4 is 31.6 Å². The maximum atomic E-state index is 12.9. The van der Waals surface area contributed by atoms with E-state index in [1.165, 1.54) is 70.6 Å². The average Bonchev–Trinajstić information content (AvgIpc) is 3.44. The van der Waals surface area contributed by atoms with E-state index in [1.54, 1.807) is 11.3 Å². The molecule has 0 aliphatic carbocycles. The maximum absolute atomic E-state index is 12.9. The Kier molecular flexibility index (Phi) is 17.1. The van der Waals surface area contributed by atoms with Crippen molar-refractivity contribution in [1.82, 2.24) is 0 Å². The number of hydrogen-bond donors (Lipinski definition) is 1. The van der Waals surface area contributed by atoms with Gasteiger partial charge in [0.1, 0.15) is 5.75 Å². The molecule has 3 rings (SSSR count). The minimum Gasteiger partial charge on any atom is -1.00 e. The number of hydrogen-bond acceptors (Lipinski definition) is 3. The first kappa shape index (κ1) is 36.0. The zero-order chi connectivity index (χ0) is 29.3. The summed E-state index contributed by atoms with van der Waals surface area (Å²) in [6, 6.07) is 14.3. The van der Waals surface area contributed by atoms with E-state index in [0.717, 1.165) is 47.7 Å². The Morgan fingerprint density at radius 1 is 0.857 bits per heavy atom. The predicted molar refractivity (Wildman–Crippen MR) is 174 cm³/mol. The third kappa shape index (κ3) is 13.9. The SMILES string of the molecule is CCCCCCCCCCCCCCOc1ccc(CC(=O)Nc2cccc(C[n+]3ccsc3)c2)cc1C(C)(C)C.[Br-]. The second kappa shape index (κ2) is 19.9. The summed E-state index contributed by atoms with van der Waals surface area (Å²) in [5, 5.41) is 5.15. The lowest BCUT2D eigenvalue weighted by molar-refractivity contribution is -0.683. The molecule has 0 aliphatic rings. The highest BCUT2D eigenvalue weighted by atomic mass is 79.9. The molecule has 4 nitrogen and oxygen atoms in total. The molecular weight excluding hydrogens is 604 g/mol. The number of carbonyl (C=O) groups excluding carboxylic acids is 1. The van der Waals surface area contributed by atoms with Crippen LogP contribution in [0, 0.1) is 0 Å². The summed E-state index contributed by atoms with van der Waals surface area (Å²) in [6.45, 7) is 10.4. The van der Waals surface area contributed by atoms with Gasteiger partial charge in [0.2, 0.25) is 11.4 Å². The summed E-state index contributed by atoms with van der Waals surface area (Å²) in [5.74, 6) is 0.943. The van der Waals surface area contributed by atoms with E-state index in [9.17, 15) is 4.79 Å². The molecule has 0 spiro atoms. The molecule has 0 aliphatic heterocycles. The number of unbranched alkanes of at least 4 members (excludes halogenated alkanes) is 11. The number of benzene rings is 2. The molecule has 1 amide bonds. The van der Waals surface area contributed by atoms with Gasteiger partial charge in [0.05, 0.1) is 18.4 Å². The van der Waals surface area contributed by atoms with Crippen molar-refractivity contribution in [1.29, 1.82) is 0 Å². The minimum absolute atomic E-state index is 0. The van der Waals surface area contributed by atoms with Crippen LogP contribution in [0.2, 0.25) is 0 Å². The highest BCUT2D eigenvalue weighted by Crippen LogP contribution is 2.32. The van der Waals surface area contributed by atoms with E-state index in [4.69, 9.17) is 4.74 Å². The van der Waals surface area contributed by atoms with Gasteiger partial charge in [-0.3, -0.25) is 4.79 Å². The summed E-state index contributed by atoms with van der Waals surface area (Å²) in [7, 11) is 0. The molecule has 1 aromatic heterocycles. The maximum Gasteiger partial charge on any atom is 0.228 e. The van der Waals surface area contributed by atoms with Crippen molar-refractivity contribution in [2.75, 3.05) is 11.9 Å². The van der Waals surface area contributed by atoms with Crippen LogP contribution in [0.15, 0.2) is 59.6 Å². The highest BCUT2D eigenvalue weighted by molar-refractivity contribution is 7.07. The standard InChI is InChI=1S/C36H52N2O2S.BrH/c1-5-6-7-8-9-10-11-12-13-14-15-16-23-40-34-21-20-30(26-33(34)36(2,3)4)27-35(39)37-32-19-17-18-31(25-32)28-38-22-24-41-29-38;/h17-22,24-26,29H,5-16,23,27-28H2,1-4H3;1H. The van der Waals surface area contributed by atoms with Gasteiger partial charge in [0.25, 0.3) is 0 Å². The number of halogens is 1. The Labute approximate surface area is 270 Å². The van der Waals surface area contributed by atoms with Crippen molar-refractivity contribution in [3.05, 3.63) is 76.2 Å². The van der Waals surface area contributed by atoms with Crippen molar-refractivity contribution in [2.45, 2.75) is 123 Å². The van der Waals surface area contributed by atoms with Crippen molar-refractivity contribution >= 4 is 22.9 Å². The first-order valence-electron chi connectivity index (χ1n) is 15.9. The molecule has 0 atom stereocenters. The predicted octanol–water partition coefficient (Wildman–Crippen LogP) is 6.65. The molecule has 6 heteroatoms. The van der Waals surface area contributed by atoms with E-state index in [-0.39, 0.29) is 28.3 Å². The third-order valence-electron chi connectivity index (χ3n) is 7.58. The minimum atomic E-state index is -0.0635. The van der Waals surface area contributed by atoms with Gasteiger partial charge in [-0.05, 0) is 41.2 Å². The molecule has 0 unspecified atom stereocenters. The van der Waals surface area contributed by atoms with E-state index < -0.39 is 0 Å². The molecule has 0 radical (unpaired) electrons. The van der Waals surface area contributed by atoms with Crippen LogP contribution in [0.3, 0.4) is 0 Å². The summed E-state index contributed by atoms with van der Waals surface area (Å²) >= 11 is 1.67. The fourth-order valence-corrected chi connectivity index (χ4v) is 5.82. The number of thiazole rings is 1. The zero-order valence-electron chi connectivity index (χ0n) is 26.4. The molecular formula is C36H53BrN2O2S.